The molecule has 0 aliphatic heterocycles. The van der Waals surface area contributed by atoms with Crippen LogP contribution in [0.5, 0.6) is 0 Å². The summed E-state index contributed by atoms with van der Waals surface area (Å²) in [5.41, 5.74) is 11.2. The number of aromatic nitrogens is 2. The van der Waals surface area contributed by atoms with Gasteiger partial charge in [-0.05, 0) is 13.8 Å². The largest absolute Gasteiger partial charge is 0.444 e. The van der Waals surface area contributed by atoms with Crippen molar-refractivity contribution in [3.8, 4) is 0 Å². The van der Waals surface area contributed by atoms with E-state index in [1.807, 2.05) is 6.92 Å². The van der Waals surface area contributed by atoms with Gasteiger partial charge in [-0.25, -0.2) is 14.8 Å². The highest BCUT2D eigenvalue weighted by Gasteiger charge is 2.07. The monoisotopic (exact) mass is 240 g/mol. The molecule has 0 radical (unpaired) electrons. The van der Waals surface area contributed by atoms with E-state index in [2.05, 4.69) is 14.7 Å². The summed E-state index contributed by atoms with van der Waals surface area (Å²) in [6.07, 6.45) is -1.23. The average Bonchev–Trinajstić information content (AvgIpc) is 2.14. The van der Waals surface area contributed by atoms with Gasteiger partial charge in [-0.2, -0.15) is 0 Å². The van der Waals surface area contributed by atoms with Crippen LogP contribution < -0.4 is 11.5 Å². The third-order valence-electron chi connectivity index (χ3n) is 1.82. The topological polar surface area (TPSA) is 113 Å². The van der Waals surface area contributed by atoms with Crippen molar-refractivity contribution in [3.05, 3.63) is 17.6 Å². The van der Waals surface area contributed by atoms with Crippen molar-refractivity contribution < 1.29 is 14.3 Å². The first-order chi connectivity index (χ1) is 7.97. The Morgan fingerprint density at radius 2 is 2.24 bits per heavy atom. The van der Waals surface area contributed by atoms with Crippen molar-refractivity contribution in [2.45, 2.75) is 26.6 Å². The van der Waals surface area contributed by atoms with Gasteiger partial charge < -0.3 is 20.9 Å². The Labute approximate surface area is 99.1 Å². The second kappa shape index (κ2) is 6.00. The van der Waals surface area contributed by atoms with E-state index in [9.17, 15) is 4.79 Å². The first-order valence-electron chi connectivity index (χ1n) is 5.11. The lowest BCUT2D eigenvalue weighted by atomic mass is 10.4. The fourth-order valence-corrected chi connectivity index (χ4v) is 1.27. The number of primary amides is 1. The highest BCUT2D eigenvalue weighted by molar-refractivity contribution is 5.64. The van der Waals surface area contributed by atoms with Crippen molar-refractivity contribution in [1.29, 1.82) is 0 Å². The fourth-order valence-electron chi connectivity index (χ4n) is 1.27. The highest BCUT2D eigenvalue weighted by Crippen LogP contribution is 2.03. The van der Waals surface area contributed by atoms with Crippen molar-refractivity contribution in [1.82, 2.24) is 9.97 Å². The second-order valence-corrected chi connectivity index (χ2v) is 3.61. The Bertz CT molecular complexity index is 377. The van der Waals surface area contributed by atoms with Crippen LogP contribution in [0.15, 0.2) is 6.07 Å². The number of carbonyl (C=O) groups excluding carboxylic acids is 1. The van der Waals surface area contributed by atoms with Gasteiger partial charge >= 0.3 is 6.09 Å². The number of carbonyl (C=O) groups is 1. The molecule has 0 saturated heterocycles. The maximum Gasteiger partial charge on any atom is 0.404 e. The molecule has 1 rings (SSSR count). The standard InChI is InChI=1S/C10H16N4O3/c1-6-3-8(11)14-9(13-6)5-16-4-7(2)17-10(12)15/h3,7H,4-5H2,1-2H3,(H2,12,15)(H2,11,13,14). The van der Waals surface area contributed by atoms with Crippen LogP contribution >= 0.6 is 0 Å². The zero-order valence-corrected chi connectivity index (χ0v) is 9.84. The summed E-state index contributed by atoms with van der Waals surface area (Å²) < 4.78 is 9.96. The van der Waals surface area contributed by atoms with Crippen molar-refractivity contribution in [2.75, 3.05) is 12.3 Å². The zero-order chi connectivity index (χ0) is 12.8. The number of hydrogen-bond donors (Lipinski definition) is 2. The molecule has 0 bridgehead atoms. The summed E-state index contributed by atoms with van der Waals surface area (Å²) in [5, 5.41) is 0. The molecule has 0 spiro atoms. The molecule has 1 aromatic rings. The van der Waals surface area contributed by atoms with Gasteiger partial charge in [-0.3, -0.25) is 0 Å². The van der Waals surface area contributed by atoms with E-state index in [0.717, 1.165) is 5.69 Å². The molecule has 94 valence electrons. The lowest BCUT2D eigenvalue weighted by molar-refractivity contribution is 0.0231. The molecule has 1 amide bonds. The molecule has 0 aliphatic rings. The van der Waals surface area contributed by atoms with Crippen LogP contribution in [-0.2, 0) is 16.1 Å². The van der Waals surface area contributed by atoms with Crippen LogP contribution in [0, 0.1) is 6.92 Å². The number of nitrogens with two attached hydrogens (primary N) is 2. The van der Waals surface area contributed by atoms with Gasteiger partial charge in [0.1, 0.15) is 18.5 Å². The van der Waals surface area contributed by atoms with Crippen LogP contribution in [0.1, 0.15) is 18.4 Å². The molecule has 4 N–H and O–H groups in total. The Morgan fingerprint density at radius 3 is 2.82 bits per heavy atom. The fraction of sp³-hybridized carbons (Fsp3) is 0.500. The van der Waals surface area contributed by atoms with Gasteiger partial charge in [-0.15, -0.1) is 0 Å². The molecule has 1 aromatic heterocycles. The summed E-state index contributed by atoms with van der Waals surface area (Å²) in [6, 6.07) is 1.67. The minimum Gasteiger partial charge on any atom is -0.444 e. The maximum absolute atomic E-state index is 10.4. The molecule has 1 heterocycles. The molecular weight excluding hydrogens is 224 g/mol. The molecule has 0 aliphatic carbocycles. The number of anilines is 1. The lowest BCUT2D eigenvalue weighted by Gasteiger charge is -2.11. The van der Waals surface area contributed by atoms with Gasteiger partial charge in [-0.1, -0.05) is 0 Å². The summed E-state index contributed by atoms with van der Waals surface area (Å²) in [5.74, 6) is 0.895. The van der Waals surface area contributed by atoms with E-state index in [4.69, 9.17) is 16.2 Å². The number of amides is 1. The third kappa shape index (κ3) is 5.12. The predicted octanol–water partition coefficient (Wildman–Crippen LogP) is 0.368. The lowest BCUT2D eigenvalue weighted by Crippen LogP contribution is -2.24. The van der Waals surface area contributed by atoms with E-state index >= 15 is 0 Å². The summed E-state index contributed by atoms with van der Waals surface area (Å²) in [4.78, 5) is 18.6. The molecule has 0 saturated carbocycles. The normalized spacial score (nSPS) is 12.1. The average molecular weight is 240 g/mol. The predicted molar refractivity (Wildman–Crippen MR) is 61.0 cm³/mol. The number of nitrogens with zero attached hydrogens (tertiary/aromatic N) is 2. The van der Waals surface area contributed by atoms with Gasteiger partial charge in [0.2, 0.25) is 0 Å². The van der Waals surface area contributed by atoms with E-state index < -0.39 is 12.2 Å². The SMILES string of the molecule is Cc1cc(N)nc(COCC(C)OC(N)=O)n1. The van der Waals surface area contributed by atoms with Crippen molar-refractivity contribution in [2.24, 2.45) is 5.73 Å². The molecular formula is C10H16N4O3. The smallest absolute Gasteiger partial charge is 0.404 e. The number of ether oxygens (including phenoxy) is 2. The highest BCUT2D eigenvalue weighted by atomic mass is 16.6. The minimum atomic E-state index is -0.822. The summed E-state index contributed by atoms with van der Waals surface area (Å²) >= 11 is 0. The third-order valence-corrected chi connectivity index (χ3v) is 1.82. The van der Waals surface area contributed by atoms with Gasteiger partial charge in [0.15, 0.2) is 5.82 Å². The molecule has 7 heteroatoms. The molecule has 17 heavy (non-hydrogen) atoms. The van der Waals surface area contributed by atoms with Crippen molar-refractivity contribution >= 4 is 11.9 Å². The Balaban J connectivity index is 2.37. The quantitative estimate of drug-likeness (QED) is 0.768. The van der Waals surface area contributed by atoms with Crippen LogP contribution in [0.4, 0.5) is 10.6 Å². The van der Waals surface area contributed by atoms with Gasteiger partial charge in [0.05, 0.1) is 6.61 Å². The van der Waals surface area contributed by atoms with Crippen LogP contribution in [0.25, 0.3) is 0 Å². The van der Waals surface area contributed by atoms with E-state index in [1.165, 1.54) is 0 Å². The van der Waals surface area contributed by atoms with Crippen LogP contribution in [-0.4, -0.2) is 28.8 Å². The Morgan fingerprint density at radius 1 is 1.53 bits per heavy atom. The number of aryl methyl sites for hydroxylation is 1. The summed E-state index contributed by atoms with van der Waals surface area (Å²) in [7, 11) is 0. The second-order valence-electron chi connectivity index (χ2n) is 3.61. The molecule has 0 aromatic carbocycles. The minimum absolute atomic E-state index is 0.207. The zero-order valence-electron chi connectivity index (χ0n) is 9.84. The molecule has 1 atom stereocenters. The summed E-state index contributed by atoms with van der Waals surface area (Å²) in [6.45, 7) is 3.93. The van der Waals surface area contributed by atoms with Crippen LogP contribution in [0.2, 0.25) is 0 Å². The number of hydrogen-bond acceptors (Lipinski definition) is 6. The van der Waals surface area contributed by atoms with E-state index in [0.29, 0.717) is 11.6 Å². The number of nitrogen functional groups attached to an aromatic ring is 1. The van der Waals surface area contributed by atoms with Crippen LogP contribution in [0.3, 0.4) is 0 Å². The van der Waals surface area contributed by atoms with E-state index in [1.54, 1.807) is 13.0 Å². The Kier molecular flexibility index (Phi) is 4.65. The van der Waals surface area contributed by atoms with Crippen molar-refractivity contribution in [3.63, 3.8) is 0 Å². The Hall–Kier alpha value is -1.89. The maximum atomic E-state index is 10.4. The first kappa shape index (κ1) is 13.2. The molecule has 0 fully saturated rings. The molecule has 1 unspecified atom stereocenters. The van der Waals surface area contributed by atoms with Gasteiger partial charge in [0.25, 0.3) is 0 Å². The first-order valence-corrected chi connectivity index (χ1v) is 5.11. The van der Waals surface area contributed by atoms with Gasteiger partial charge in [0, 0.05) is 11.8 Å². The molecule has 7 nitrogen and oxygen atoms in total. The van der Waals surface area contributed by atoms with E-state index in [-0.39, 0.29) is 13.2 Å². The number of rotatable bonds is 5.